The van der Waals surface area contributed by atoms with E-state index in [9.17, 15) is 0 Å². The van der Waals surface area contributed by atoms with Crippen LogP contribution in [0.5, 0.6) is 5.75 Å². The first kappa shape index (κ1) is 21.3. The topological polar surface area (TPSA) is 48.9 Å². The number of rotatable bonds is 10. The van der Waals surface area contributed by atoms with Crippen molar-refractivity contribution < 1.29 is 4.74 Å². The van der Waals surface area contributed by atoms with E-state index in [1.807, 2.05) is 39.3 Å². The van der Waals surface area contributed by atoms with Crippen molar-refractivity contribution in [3.05, 3.63) is 29.8 Å². The second-order valence-electron chi connectivity index (χ2n) is 7.20. The lowest BCUT2D eigenvalue weighted by molar-refractivity contribution is 0.259. The highest BCUT2D eigenvalue weighted by atomic mass is 16.5. The zero-order valence-electron chi connectivity index (χ0n) is 16.8. The molecular weight excluding hydrogens is 312 g/mol. The summed E-state index contributed by atoms with van der Waals surface area (Å²) in [4.78, 5) is 6.45. The van der Waals surface area contributed by atoms with Crippen LogP contribution in [0.4, 0.5) is 0 Å². The minimum Gasteiger partial charge on any atom is -0.492 e. The molecular formula is C20H36N4O. The fraction of sp³-hybridized carbons (Fsp3) is 0.650. The molecule has 142 valence electrons. The monoisotopic (exact) mass is 348 g/mol. The molecule has 0 saturated carbocycles. The van der Waals surface area contributed by atoms with Crippen LogP contribution in [0.25, 0.3) is 0 Å². The van der Waals surface area contributed by atoms with Gasteiger partial charge in [-0.25, -0.2) is 0 Å². The van der Waals surface area contributed by atoms with Crippen LogP contribution in [0, 0.1) is 5.92 Å². The van der Waals surface area contributed by atoms with Crippen molar-refractivity contribution >= 4 is 5.96 Å². The predicted molar refractivity (Wildman–Crippen MR) is 107 cm³/mol. The van der Waals surface area contributed by atoms with E-state index in [2.05, 4.69) is 47.4 Å². The third-order valence-electron chi connectivity index (χ3n) is 4.00. The summed E-state index contributed by atoms with van der Waals surface area (Å²) in [6, 6.07) is 8.56. The lowest BCUT2D eigenvalue weighted by atomic mass is 10.0. The summed E-state index contributed by atoms with van der Waals surface area (Å²) in [5.41, 5.74) is 1.14. The largest absolute Gasteiger partial charge is 0.492 e. The number of ether oxygens (including phenoxy) is 1. The van der Waals surface area contributed by atoms with Crippen molar-refractivity contribution in [1.82, 2.24) is 15.5 Å². The molecule has 0 heterocycles. The maximum atomic E-state index is 5.92. The van der Waals surface area contributed by atoms with Gasteiger partial charge in [-0.05, 0) is 45.8 Å². The molecule has 1 rings (SSSR count). The average Bonchev–Trinajstić information content (AvgIpc) is 2.57. The first-order valence-electron chi connectivity index (χ1n) is 9.25. The van der Waals surface area contributed by atoms with Gasteiger partial charge >= 0.3 is 0 Å². The number of para-hydroxylation sites is 1. The van der Waals surface area contributed by atoms with Crippen LogP contribution in [-0.4, -0.2) is 51.2 Å². The number of aliphatic imine (C=N–C) groups is 1. The molecule has 5 heteroatoms. The lowest BCUT2D eigenvalue weighted by Gasteiger charge is -2.19. The third kappa shape index (κ3) is 9.34. The molecule has 0 aromatic heterocycles. The van der Waals surface area contributed by atoms with E-state index in [1.54, 1.807) is 0 Å². The maximum Gasteiger partial charge on any atom is 0.191 e. The van der Waals surface area contributed by atoms with E-state index in [0.717, 1.165) is 36.2 Å². The van der Waals surface area contributed by atoms with Gasteiger partial charge in [-0.1, -0.05) is 32.0 Å². The number of likely N-dealkylation sites (N-methyl/N-ethyl adjacent to an activating group) is 1. The van der Waals surface area contributed by atoms with E-state index in [1.165, 1.54) is 6.42 Å². The molecule has 0 aliphatic carbocycles. The van der Waals surface area contributed by atoms with Crippen LogP contribution in [0.3, 0.4) is 0 Å². The maximum absolute atomic E-state index is 5.92. The minimum absolute atomic E-state index is 0.403. The van der Waals surface area contributed by atoms with Gasteiger partial charge in [0, 0.05) is 31.7 Å². The number of hydrogen-bond acceptors (Lipinski definition) is 3. The van der Waals surface area contributed by atoms with E-state index < -0.39 is 0 Å². The van der Waals surface area contributed by atoms with Gasteiger partial charge in [0.05, 0.1) is 0 Å². The molecule has 0 amide bonds. The van der Waals surface area contributed by atoms with Gasteiger partial charge in [0.1, 0.15) is 12.4 Å². The van der Waals surface area contributed by atoms with Crippen molar-refractivity contribution in [2.24, 2.45) is 10.9 Å². The first-order valence-corrected chi connectivity index (χ1v) is 9.25. The molecule has 0 radical (unpaired) electrons. The van der Waals surface area contributed by atoms with Crippen molar-refractivity contribution in [3.8, 4) is 5.75 Å². The highest BCUT2D eigenvalue weighted by Gasteiger charge is 2.08. The van der Waals surface area contributed by atoms with E-state index in [0.29, 0.717) is 19.2 Å². The standard InChI is InChI=1S/C20H36N4O/c1-16(2)11-12-17(3)23-20(21-4)22-15-18-9-7-8-10-19(18)25-14-13-24(5)6/h7-10,16-17H,11-15H2,1-6H3,(H2,21,22,23). The average molecular weight is 349 g/mol. The van der Waals surface area contributed by atoms with E-state index >= 15 is 0 Å². The molecule has 25 heavy (non-hydrogen) atoms. The molecule has 1 aromatic carbocycles. The zero-order chi connectivity index (χ0) is 18.7. The van der Waals surface area contributed by atoms with Gasteiger partial charge in [0.2, 0.25) is 0 Å². The molecule has 5 nitrogen and oxygen atoms in total. The molecule has 0 bridgehead atoms. The van der Waals surface area contributed by atoms with Crippen molar-refractivity contribution in [2.75, 3.05) is 34.3 Å². The SMILES string of the molecule is CN=C(NCc1ccccc1OCCN(C)C)NC(C)CCC(C)C. The Balaban J connectivity index is 2.52. The number of hydrogen-bond donors (Lipinski definition) is 2. The Labute approximate surface area is 153 Å². The van der Waals surface area contributed by atoms with Gasteiger partial charge < -0.3 is 20.3 Å². The highest BCUT2D eigenvalue weighted by Crippen LogP contribution is 2.17. The van der Waals surface area contributed by atoms with Crippen molar-refractivity contribution in [3.63, 3.8) is 0 Å². The van der Waals surface area contributed by atoms with Gasteiger partial charge in [-0.2, -0.15) is 0 Å². The molecule has 1 unspecified atom stereocenters. The van der Waals surface area contributed by atoms with Crippen LogP contribution >= 0.6 is 0 Å². The van der Waals surface area contributed by atoms with E-state index in [4.69, 9.17) is 4.74 Å². The number of nitrogens with one attached hydrogen (secondary N) is 2. The first-order chi connectivity index (χ1) is 11.9. The molecule has 2 N–H and O–H groups in total. The Bertz CT molecular complexity index is 514. The Hall–Kier alpha value is -1.75. The molecule has 0 spiro atoms. The van der Waals surface area contributed by atoms with Crippen LogP contribution < -0.4 is 15.4 Å². The van der Waals surface area contributed by atoms with Crippen LogP contribution in [0.15, 0.2) is 29.3 Å². The number of benzene rings is 1. The second-order valence-corrected chi connectivity index (χ2v) is 7.20. The summed E-state index contributed by atoms with van der Waals surface area (Å²) in [5, 5.41) is 6.85. The summed E-state index contributed by atoms with van der Waals surface area (Å²) in [6.07, 6.45) is 2.36. The third-order valence-corrected chi connectivity index (χ3v) is 4.00. The summed E-state index contributed by atoms with van der Waals surface area (Å²) >= 11 is 0. The predicted octanol–water partition coefficient (Wildman–Crippen LogP) is 3.12. The van der Waals surface area contributed by atoms with Crippen molar-refractivity contribution in [2.45, 2.75) is 46.2 Å². The molecule has 0 saturated heterocycles. The molecule has 1 aromatic rings. The van der Waals surface area contributed by atoms with Crippen LogP contribution in [-0.2, 0) is 6.54 Å². The Kier molecular flexibility index (Phi) is 10.0. The van der Waals surface area contributed by atoms with Crippen LogP contribution in [0.2, 0.25) is 0 Å². The fourth-order valence-corrected chi connectivity index (χ4v) is 2.39. The molecule has 0 aliphatic rings. The normalized spacial score (nSPS) is 13.2. The fourth-order valence-electron chi connectivity index (χ4n) is 2.39. The Morgan fingerprint density at radius 3 is 2.52 bits per heavy atom. The number of nitrogens with zero attached hydrogens (tertiary/aromatic N) is 2. The number of guanidine groups is 1. The summed E-state index contributed by atoms with van der Waals surface area (Å²) in [5.74, 6) is 2.49. The Morgan fingerprint density at radius 2 is 1.88 bits per heavy atom. The van der Waals surface area contributed by atoms with Crippen molar-refractivity contribution in [1.29, 1.82) is 0 Å². The minimum atomic E-state index is 0.403. The second kappa shape index (κ2) is 11.7. The summed E-state index contributed by atoms with van der Waals surface area (Å²) < 4.78 is 5.92. The summed E-state index contributed by atoms with van der Waals surface area (Å²) in [7, 11) is 5.91. The lowest BCUT2D eigenvalue weighted by Crippen LogP contribution is -2.42. The molecule has 0 fully saturated rings. The quantitative estimate of drug-likeness (QED) is 0.504. The van der Waals surface area contributed by atoms with Gasteiger partial charge in [-0.3, -0.25) is 4.99 Å². The van der Waals surface area contributed by atoms with Gasteiger partial charge in [0.15, 0.2) is 5.96 Å². The Morgan fingerprint density at radius 1 is 1.16 bits per heavy atom. The smallest absolute Gasteiger partial charge is 0.191 e. The molecule has 1 atom stereocenters. The zero-order valence-corrected chi connectivity index (χ0v) is 16.8. The summed E-state index contributed by atoms with van der Waals surface area (Å²) in [6.45, 7) is 8.99. The van der Waals surface area contributed by atoms with Gasteiger partial charge in [0.25, 0.3) is 0 Å². The molecule has 0 aliphatic heterocycles. The van der Waals surface area contributed by atoms with Gasteiger partial charge in [-0.15, -0.1) is 0 Å². The van der Waals surface area contributed by atoms with E-state index in [-0.39, 0.29) is 0 Å². The van der Waals surface area contributed by atoms with Crippen LogP contribution in [0.1, 0.15) is 39.2 Å². The highest BCUT2D eigenvalue weighted by molar-refractivity contribution is 5.79.